The number of ether oxygens (including phenoxy) is 1. The number of nitrogens with one attached hydrogen (secondary N) is 1. The van der Waals surface area contributed by atoms with Crippen LogP contribution in [0.2, 0.25) is 5.02 Å². The summed E-state index contributed by atoms with van der Waals surface area (Å²) in [6.07, 6.45) is 3.37. The molecule has 0 saturated carbocycles. The van der Waals surface area contributed by atoms with Gasteiger partial charge in [0, 0.05) is 36.1 Å². The number of carbonyl (C=O) groups is 1. The fourth-order valence-corrected chi connectivity index (χ4v) is 3.57. The van der Waals surface area contributed by atoms with Crippen LogP contribution in [0.15, 0.2) is 53.1 Å². The molecule has 158 valence electrons. The lowest BCUT2D eigenvalue weighted by atomic mass is 10.1. The Hall–Kier alpha value is -3.57. The minimum absolute atomic E-state index is 0.0169. The van der Waals surface area contributed by atoms with Crippen molar-refractivity contribution in [2.24, 2.45) is 0 Å². The third-order valence-corrected chi connectivity index (χ3v) is 5.12. The number of benzene rings is 2. The molecule has 31 heavy (non-hydrogen) atoms. The lowest BCUT2D eigenvalue weighted by Crippen LogP contribution is -2.39. The maximum Gasteiger partial charge on any atom is 0.258 e. The van der Waals surface area contributed by atoms with Crippen molar-refractivity contribution in [3.05, 3.63) is 64.9 Å². The topological polar surface area (TPSA) is 104 Å². The van der Waals surface area contributed by atoms with Crippen LogP contribution in [0.3, 0.4) is 0 Å². The number of halogens is 1. The average Bonchev–Trinajstić information content (AvgIpc) is 3.42. The van der Waals surface area contributed by atoms with E-state index in [9.17, 15) is 4.79 Å². The van der Waals surface area contributed by atoms with Crippen LogP contribution in [0, 0.1) is 11.5 Å². The Balaban J connectivity index is 1.29. The highest BCUT2D eigenvalue weighted by Gasteiger charge is 2.23. The van der Waals surface area contributed by atoms with E-state index in [2.05, 4.69) is 21.7 Å². The van der Waals surface area contributed by atoms with E-state index in [1.54, 1.807) is 29.2 Å². The van der Waals surface area contributed by atoms with Crippen LogP contribution >= 0.6 is 11.6 Å². The molecule has 0 spiro atoms. The van der Waals surface area contributed by atoms with Gasteiger partial charge < -0.3 is 19.5 Å². The van der Waals surface area contributed by atoms with Gasteiger partial charge in [-0.05, 0) is 48.4 Å². The van der Waals surface area contributed by atoms with Crippen LogP contribution in [0.5, 0.6) is 5.75 Å². The summed E-state index contributed by atoms with van der Waals surface area (Å²) in [5.74, 6) is 1.32. The van der Waals surface area contributed by atoms with Gasteiger partial charge in [0.25, 0.3) is 11.8 Å². The molecule has 1 unspecified atom stereocenters. The largest absolute Gasteiger partial charge is 0.484 e. The van der Waals surface area contributed by atoms with E-state index in [4.69, 9.17) is 26.1 Å². The van der Waals surface area contributed by atoms with Gasteiger partial charge in [-0.15, -0.1) is 0 Å². The van der Waals surface area contributed by atoms with E-state index in [1.807, 2.05) is 24.3 Å². The fraction of sp³-hybridized carbons (Fsp3) is 0.273. The molecule has 1 aliphatic rings. The highest BCUT2D eigenvalue weighted by molar-refractivity contribution is 6.30. The third-order valence-electron chi connectivity index (χ3n) is 4.89. The number of nitriles is 1. The Morgan fingerprint density at radius 3 is 2.90 bits per heavy atom. The van der Waals surface area contributed by atoms with E-state index in [0.717, 1.165) is 17.5 Å². The first-order valence-electron chi connectivity index (χ1n) is 9.83. The number of nitrogens with zero attached hydrogens (tertiary/aromatic N) is 4. The summed E-state index contributed by atoms with van der Waals surface area (Å²) in [6, 6.07) is 14.6. The van der Waals surface area contributed by atoms with Crippen molar-refractivity contribution in [2.75, 3.05) is 19.7 Å². The number of hydrogen-bond donors (Lipinski definition) is 1. The maximum absolute atomic E-state index is 12.1. The van der Waals surface area contributed by atoms with E-state index < -0.39 is 0 Å². The monoisotopic (exact) mass is 437 g/mol. The molecule has 0 radical (unpaired) electrons. The molecule has 8 nitrogen and oxygen atoms in total. The summed E-state index contributed by atoms with van der Waals surface area (Å²) in [4.78, 5) is 18.1. The molecule has 1 amide bonds. The van der Waals surface area contributed by atoms with Crippen LogP contribution in [0.1, 0.15) is 17.8 Å². The van der Waals surface area contributed by atoms with Gasteiger partial charge in [-0.1, -0.05) is 28.9 Å². The zero-order valence-electron chi connectivity index (χ0n) is 16.6. The molecule has 1 aromatic heterocycles. The van der Waals surface area contributed by atoms with E-state index >= 15 is 0 Å². The summed E-state index contributed by atoms with van der Waals surface area (Å²) in [6.45, 7) is 1.12. The van der Waals surface area contributed by atoms with Gasteiger partial charge in [-0.3, -0.25) is 4.79 Å². The molecule has 0 bridgehead atoms. The Morgan fingerprint density at radius 2 is 2.16 bits per heavy atom. The van der Waals surface area contributed by atoms with Crippen molar-refractivity contribution in [2.45, 2.75) is 18.9 Å². The van der Waals surface area contributed by atoms with Crippen molar-refractivity contribution in [3.63, 3.8) is 0 Å². The average molecular weight is 438 g/mol. The van der Waals surface area contributed by atoms with Crippen LogP contribution in [0.4, 0.5) is 0 Å². The first-order chi connectivity index (χ1) is 15.1. The summed E-state index contributed by atoms with van der Waals surface area (Å²) in [7, 11) is 0. The molecular weight excluding hydrogens is 418 g/mol. The second-order valence-electron chi connectivity index (χ2n) is 7.23. The van der Waals surface area contributed by atoms with E-state index in [1.165, 1.54) is 0 Å². The molecule has 2 heterocycles. The minimum atomic E-state index is -0.212. The Kier molecular flexibility index (Phi) is 6.34. The van der Waals surface area contributed by atoms with Crippen molar-refractivity contribution in [1.82, 2.24) is 20.4 Å². The lowest BCUT2D eigenvalue weighted by molar-refractivity contribution is -0.123. The quantitative estimate of drug-likeness (QED) is 0.566. The van der Waals surface area contributed by atoms with Gasteiger partial charge in [0.2, 0.25) is 0 Å². The minimum Gasteiger partial charge on any atom is -0.484 e. The molecule has 1 N–H and O–H groups in total. The van der Waals surface area contributed by atoms with Crippen molar-refractivity contribution in [1.29, 1.82) is 5.26 Å². The Morgan fingerprint density at radius 1 is 1.32 bits per heavy atom. The number of aromatic nitrogens is 2. The van der Waals surface area contributed by atoms with Crippen molar-refractivity contribution >= 4 is 17.5 Å². The molecule has 2 aromatic carbocycles. The van der Waals surface area contributed by atoms with Crippen LogP contribution in [0.25, 0.3) is 11.5 Å². The van der Waals surface area contributed by atoms with Gasteiger partial charge in [0.1, 0.15) is 5.75 Å². The fourth-order valence-electron chi connectivity index (χ4n) is 3.35. The van der Waals surface area contributed by atoms with E-state index in [-0.39, 0.29) is 18.6 Å². The third kappa shape index (κ3) is 5.53. The SMILES string of the molecule is N#CN1CCC(NC(=O)COc2ccc(-c3nc(Cc4cccc(Cl)c4)no3)cc2)C1. The van der Waals surface area contributed by atoms with Gasteiger partial charge in [-0.2, -0.15) is 10.2 Å². The van der Waals surface area contributed by atoms with Gasteiger partial charge in [0.15, 0.2) is 18.6 Å². The molecular formula is C22H20ClN5O3. The number of carbonyl (C=O) groups excluding carboxylic acids is 1. The number of rotatable bonds is 7. The summed E-state index contributed by atoms with van der Waals surface area (Å²) < 4.78 is 10.9. The molecule has 1 fully saturated rings. The highest BCUT2D eigenvalue weighted by atomic mass is 35.5. The molecule has 1 aliphatic heterocycles. The predicted molar refractivity (Wildman–Crippen MR) is 113 cm³/mol. The summed E-state index contributed by atoms with van der Waals surface area (Å²) in [5, 5.41) is 16.4. The van der Waals surface area contributed by atoms with Crippen LogP contribution < -0.4 is 10.1 Å². The molecule has 1 atom stereocenters. The zero-order chi connectivity index (χ0) is 21.6. The maximum atomic E-state index is 12.1. The van der Waals surface area contributed by atoms with Crippen molar-refractivity contribution < 1.29 is 14.1 Å². The second kappa shape index (κ2) is 9.49. The molecule has 0 aliphatic carbocycles. The van der Waals surface area contributed by atoms with Gasteiger partial charge in [0.05, 0.1) is 0 Å². The van der Waals surface area contributed by atoms with Gasteiger partial charge in [-0.25, -0.2) is 0 Å². The number of hydrogen-bond acceptors (Lipinski definition) is 7. The van der Waals surface area contributed by atoms with Crippen LogP contribution in [-0.4, -0.2) is 46.7 Å². The van der Waals surface area contributed by atoms with Crippen molar-refractivity contribution in [3.8, 4) is 23.4 Å². The Bertz CT molecular complexity index is 1090. The first-order valence-corrected chi connectivity index (χ1v) is 10.2. The first kappa shape index (κ1) is 20.7. The highest BCUT2D eigenvalue weighted by Crippen LogP contribution is 2.22. The lowest BCUT2D eigenvalue weighted by Gasteiger charge is -2.12. The number of amides is 1. The molecule has 9 heteroatoms. The summed E-state index contributed by atoms with van der Waals surface area (Å²) in [5.41, 5.74) is 1.75. The smallest absolute Gasteiger partial charge is 0.258 e. The van der Waals surface area contributed by atoms with Crippen LogP contribution in [-0.2, 0) is 11.2 Å². The van der Waals surface area contributed by atoms with Gasteiger partial charge >= 0.3 is 0 Å². The predicted octanol–water partition coefficient (Wildman–Crippen LogP) is 3.03. The summed E-state index contributed by atoms with van der Waals surface area (Å²) >= 11 is 6.01. The molecule has 4 rings (SSSR count). The number of likely N-dealkylation sites (tertiary alicyclic amines) is 1. The standard InChI is InChI=1S/C22H20ClN5O3/c23-17-3-1-2-15(10-17)11-20-26-22(31-27-20)16-4-6-19(7-5-16)30-13-21(29)25-18-8-9-28(12-18)14-24/h1-7,10,18H,8-9,11-13H2,(H,25,29). The Labute approximate surface area is 184 Å². The normalized spacial score (nSPS) is 15.5. The zero-order valence-corrected chi connectivity index (χ0v) is 17.4. The van der Waals surface area contributed by atoms with E-state index in [0.29, 0.717) is 42.0 Å². The second-order valence-corrected chi connectivity index (χ2v) is 7.67. The molecule has 1 saturated heterocycles. The molecule has 3 aromatic rings.